The number of nitrogens with zero attached hydrogens (tertiary/aromatic N) is 2. The molecular formula is C31H35F3N4O4. The zero-order valence-electron chi connectivity index (χ0n) is 24.5. The van der Waals surface area contributed by atoms with Crippen molar-refractivity contribution in [2.75, 3.05) is 29.1 Å². The van der Waals surface area contributed by atoms with Gasteiger partial charge < -0.3 is 15.0 Å². The van der Waals surface area contributed by atoms with Crippen molar-refractivity contribution in [2.24, 2.45) is 0 Å². The van der Waals surface area contributed by atoms with Crippen LogP contribution in [0.25, 0.3) is 11.1 Å². The SMILES string of the molecule is CCCN(C)c1cc(NC(=O)OC(C)(C)C)c(NC(=O)CC(=O)c2cccc(-c3ccnc(C)c3)c2)cc1C(F)(F)F. The van der Waals surface area contributed by atoms with E-state index in [0.717, 1.165) is 29.0 Å². The maximum absolute atomic E-state index is 14.1. The largest absolute Gasteiger partial charge is 0.444 e. The number of ether oxygens (including phenoxy) is 1. The molecule has 11 heteroatoms. The normalized spacial score (nSPS) is 11.5. The van der Waals surface area contributed by atoms with Crippen LogP contribution in [0.5, 0.6) is 0 Å². The number of ketones is 1. The number of pyridine rings is 1. The standard InChI is InChI=1S/C31H35F3N4O4/c1-7-13-38(6)26-17-25(37-29(41)42-30(3,4)5)24(16-23(26)31(32,33)34)36-28(40)18-27(39)22-10-8-9-20(15-22)21-11-12-35-19(2)14-21/h8-12,14-17H,7,13,18H2,1-6H3,(H,36,40)(H,37,41). The summed E-state index contributed by atoms with van der Waals surface area (Å²) >= 11 is 0. The Balaban J connectivity index is 1.93. The maximum Gasteiger partial charge on any atom is 0.418 e. The van der Waals surface area contributed by atoms with Crippen molar-refractivity contribution in [2.45, 2.75) is 59.2 Å². The van der Waals surface area contributed by atoms with Gasteiger partial charge in [-0.3, -0.25) is 19.9 Å². The highest BCUT2D eigenvalue weighted by Crippen LogP contribution is 2.41. The lowest BCUT2D eigenvalue weighted by Gasteiger charge is -2.26. The van der Waals surface area contributed by atoms with Gasteiger partial charge in [0, 0.05) is 31.0 Å². The number of carbonyl (C=O) groups is 3. The molecule has 0 saturated heterocycles. The maximum atomic E-state index is 14.1. The third-order valence-electron chi connectivity index (χ3n) is 6.06. The average molecular weight is 585 g/mol. The van der Waals surface area contributed by atoms with E-state index in [1.807, 2.05) is 26.0 Å². The average Bonchev–Trinajstić information content (AvgIpc) is 2.87. The van der Waals surface area contributed by atoms with Gasteiger partial charge in [0.2, 0.25) is 5.91 Å². The summed E-state index contributed by atoms with van der Waals surface area (Å²) in [4.78, 5) is 44.1. The minimum absolute atomic E-state index is 0.106. The number of aryl methyl sites for hydroxylation is 1. The molecule has 8 nitrogen and oxygen atoms in total. The van der Waals surface area contributed by atoms with Gasteiger partial charge in [-0.2, -0.15) is 13.2 Å². The number of amides is 2. The first-order valence-electron chi connectivity index (χ1n) is 13.4. The highest BCUT2D eigenvalue weighted by atomic mass is 19.4. The van der Waals surface area contributed by atoms with Crippen LogP contribution >= 0.6 is 0 Å². The van der Waals surface area contributed by atoms with E-state index in [2.05, 4.69) is 15.6 Å². The van der Waals surface area contributed by atoms with Crippen LogP contribution in [0, 0.1) is 6.92 Å². The van der Waals surface area contributed by atoms with Gasteiger partial charge in [-0.15, -0.1) is 0 Å². The topological polar surface area (TPSA) is 101 Å². The molecule has 0 atom stereocenters. The van der Waals surface area contributed by atoms with Gasteiger partial charge in [-0.05, 0) is 75.6 Å². The number of benzene rings is 2. The lowest BCUT2D eigenvalue weighted by Crippen LogP contribution is -2.28. The number of anilines is 3. The van der Waals surface area contributed by atoms with Gasteiger partial charge in [0.15, 0.2) is 5.78 Å². The summed E-state index contributed by atoms with van der Waals surface area (Å²) in [5, 5.41) is 4.83. The summed E-state index contributed by atoms with van der Waals surface area (Å²) < 4.78 is 47.6. The molecule has 0 fully saturated rings. The van der Waals surface area contributed by atoms with Gasteiger partial charge >= 0.3 is 12.3 Å². The Morgan fingerprint density at radius 3 is 2.24 bits per heavy atom. The van der Waals surface area contributed by atoms with Crippen molar-refractivity contribution >= 4 is 34.8 Å². The molecule has 2 aromatic carbocycles. The van der Waals surface area contributed by atoms with Crippen LogP contribution in [-0.4, -0.2) is 42.0 Å². The van der Waals surface area contributed by atoms with Crippen molar-refractivity contribution in [3.8, 4) is 11.1 Å². The van der Waals surface area contributed by atoms with Gasteiger partial charge in [0.1, 0.15) is 5.60 Å². The minimum Gasteiger partial charge on any atom is -0.444 e. The van der Waals surface area contributed by atoms with E-state index in [1.165, 1.54) is 11.9 Å². The molecule has 0 radical (unpaired) electrons. The van der Waals surface area contributed by atoms with Crippen LogP contribution in [0.1, 0.15) is 62.2 Å². The molecule has 42 heavy (non-hydrogen) atoms. The molecule has 1 aromatic heterocycles. The molecule has 0 spiro atoms. The predicted molar refractivity (Wildman–Crippen MR) is 157 cm³/mol. The molecule has 0 aliphatic carbocycles. The molecule has 0 bridgehead atoms. The second-order valence-electron chi connectivity index (χ2n) is 10.9. The van der Waals surface area contributed by atoms with Crippen molar-refractivity contribution < 1.29 is 32.3 Å². The number of hydrogen-bond acceptors (Lipinski definition) is 6. The molecule has 3 aromatic rings. The van der Waals surface area contributed by atoms with Crippen molar-refractivity contribution in [3.63, 3.8) is 0 Å². The first kappa shape index (κ1) is 32.1. The van der Waals surface area contributed by atoms with E-state index < -0.39 is 41.5 Å². The number of alkyl halides is 3. The molecule has 0 unspecified atom stereocenters. The number of nitrogens with one attached hydrogen (secondary N) is 2. The second-order valence-corrected chi connectivity index (χ2v) is 10.9. The number of carbonyl (C=O) groups excluding carboxylic acids is 3. The Morgan fingerprint density at radius 1 is 0.952 bits per heavy atom. The zero-order chi connectivity index (χ0) is 31.2. The number of Topliss-reactive ketones (excluding diaryl/α,β-unsaturated/α-hetero) is 1. The second kappa shape index (κ2) is 13.1. The first-order chi connectivity index (χ1) is 19.6. The number of hydrogen-bond donors (Lipinski definition) is 2. The summed E-state index contributed by atoms with van der Waals surface area (Å²) in [6.07, 6.45) is -4.09. The molecule has 3 rings (SSSR count). The minimum atomic E-state index is -4.76. The van der Waals surface area contributed by atoms with Crippen molar-refractivity contribution in [3.05, 3.63) is 71.5 Å². The molecule has 0 aliphatic rings. The molecule has 0 aliphatic heterocycles. The molecular weight excluding hydrogens is 549 g/mol. The van der Waals surface area contributed by atoms with Crippen LogP contribution in [0.15, 0.2) is 54.7 Å². The Labute approximate surface area is 243 Å². The van der Waals surface area contributed by atoms with Gasteiger partial charge in [-0.1, -0.05) is 25.1 Å². The fourth-order valence-electron chi connectivity index (χ4n) is 4.25. The van der Waals surface area contributed by atoms with Crippen LogP contribution in [-0.2, 0) is 15.7 Å². The van der Waals surface area contributed by atoms with Crippen molar-refractivity contribution in [1.82, 2.24) is 4.98 Å². The zero-order valence-corrected chi connectivity index (χ0v) is 24.5. The number of rotatable bonds is 9. The van der Waals surface area contributed by atoms with Crippen LogP contribution in [0.3, 0.4) is 0 Å². The number of halogens is 3. The van der Waals surface area contributed by atoms with E-state index >= 15 is 0 Å². The van der Waals surface area contributed by atoms with Gasteiger partial charge in [0.25, 0.3) is 0 Å². The van der Waals surface area contributed by atoms with Crippen LogP contribution < -0.4 is 15.5 Å². The monoisotopic (exact) mass is 584 g/mol. The third kappa shape index (κ3) is 8.79. The fourth-order valence-corrected chi connectivity index (χ4v) is 4.25. The molecule has 1 heterocycles. The molecule has 2 N–H and O–H groups in total. The smallest absolute Gasteiger partial charge is 0.418 e. The third-order valence-corrected chi connectivity index (χ3v) is 6.06. The highest BCUT2D eigenvalue weighted by molar-refractivity contribution is 6.12. The van der Waals surface area contributed by atoms with E-state index in [9.17, 15) is 27.6 Å². The van der Waals surface area contributed by atoms with E-state index in [4.69, 9.17) is 4.74 Å². The lowest BCUT2D eigenvalue weighted by molar-refractivity contribution is -0.137. The summed E-state index contributed by atoms with van der Waals surface area (Å²) in [5.74, 6) is -1.38. The summed E-state index contributed by atoms with van der Waals surface area (Å²) in [6, 6.07) is 12.2. The van der Waals surface area contributed by atoms with E-state index in [-0.39, 0.29) is 22.6 Å². The Bertz CT molecular complexity index is 1470. The van der Waals surface area contributed by atoms with Crippen LogP contribution in [0.4, 0.5) is 35.0 Å². The summed E-state index contributed by atoms with van der Waals surface area (Å²) in [5.41, 5.74) is 0.150. The van der Waals surface area contributed by atoms with E-state index in [1.54, 1.807) is 51.2 Å². The summed E-state index contributed by atoms with van der Waals surface area (Å²) in [7, 11) is 1.50. The van der Waals surface area contributed by atoms with Gasteiger partial charge in [-0.25, -0.2) is 4.79 Å². The lowest BCUT2D eigenvalue weighted by atomic mass is 10.0. The quantitative estimate of drug-likeness (QED) is 0.200. The molecule has 224 valence electrons. The molecule has 2 amide bonds. The number of aromatic nitrogens is 1. The Kier molecular flexibility index (Phi) is 9.98. The van der Waals surface area contributed by atoms with Gasteiger partial charge in [0.05, 0.1) is 29.0 Å². The molecule has 0 saturated carbocycles. The fraction of sp³-hybridized carbons (Fsp3) is 0.355. The van der Waals surface area contributed by atoms with Crippen LogP contribution in [0.2, 0.25) is 0 Å². The highest BCUT2D eigenvalue weighted by Gasteiger charge is 2.36. The predicted octanol–water partition coefficient (Wildman–Crippen LogP) is 7.48. The summed E-state index contributed by atoms with van der Waals surface area (Å²) in [6.45, 7) is 8.89. The Morgan fingerprint density at radius 2 is 1.62 bits per heavy atom. The first-order valence-corrected chi connectivity index (χ1v) is 13.4. The Hall–Kier alpha value is -4.41. The van der Waals surface area contributed by atoms with E-state index in [0.29, 0.717) is 13.0 Å². The van der Waals surface area contributed by atoms with Crippen molar-refractivity contribution in [1.29, 1.82) is 0 Å².